The van der Waals surface area contributed by atoms with Crippen LogP contribution in [-0.4, -0.2) is 88.4 Å². The predicted octanol–water partition coefficient (Wildman–Crippen LogP) is 2.08. The zero-order valence-electron chi connectivity index (χ0n) is 20.6. The standard InChI is InChI=1S/C25H33N5O5/c1-25(32)6-8-29(9-7-25)22(31)14-19-16-26-23-20(4-5-21(34-3)24(23)28-19)18-15-27-30(17-18)10-11-35-13-12-33-2/h4-5,15-17,32H,6-14H2,1-3H3. The zero-order chi connectivity index (χ0) is 24.8. The van der Waals surface area contributed by atoms with Crippen molar-refractivity contribution in [2.75, 3.05) is 47.1 Å². The molecule has 0 spiro atoms. The molecule has 1 fully saturated rings. The predicted molar refractivity (Wildman–Crippen MR) is 130 cm³/mol. The van der Waals surface area contributed by atoms with Gasteiger partial charge >= 0.3 is 0 Å². The molecule has 1 aliphatic heterocycles. The van der Waals surface area contributed by atoms with Gasteiger partial charge in [0.15, 0.2) is 0 Å². The molecule has 10 heteroatoms. The lowest BCUT2D eigenvalue weighted by atomic mass is 9.93. The number of carbonyl (C=O) groups excluding carboxylic acids is 1. The Labute approximate surface area is 204 Å². The summed E-state index contributed by atoms with van der Waals surface area (Å²) in [5.41, 5.74) is 2.97. The third kappa shape index (κ3) is 6.14. The molecule has 1 N–H and O–H groups in total. The van der Waals surface area contributed by atoms with Crippen LogP contribution in [0.3, 0.4) is 0 Å². The first-order valence-electron chi connectivity index (χ1n) is 11.8. The highest BCUT2D eigenvalue weighted by Gasteiger charge is 2.29. The molecule has 1 amide bonds. The Bertz CT molecular complexity index is 1150. The molecule has 0 aliphatic carbocycles. The SMILES string of the molecule is COCCOCCn1cc(-c2ccc(OC)c3nc(CC(=O)N4CCC(C)(O)CC4)cnc23)cn1. The maximum atomic E-state index is 12.8. The number of benzene rings is 1. The summed E-state index contributed by atoms with van der Waals surface area (Å²) < 4.78 is 17.9. The van der Waals surface area contributed by atoms with E-state index >= 15 is 0 Å². The van der Waals surface area contributed by atoms with Gasteiger partial charge in [0.1, 0.15) is 16.8 Å². The second kappa shape index (κ2) is 11.1. The molecule has 0 bridgehead atoms. The Morgan fingerprint density at radius 1 is 1.11 bits per heavy atom. The minimum atomic E-state index is -0.700. The molecule has 3 heterocycles. The van der Waals surface area contributed by atoms with E-state index in [9.17, 15) is 9.90 Å². The van der Waals surface area contributed by atoms with Crippen LogP contribution in [0.1, 0.15) is 25.5 Å². The zero-order valence-corrected chi connectivity index (χ0v) is 20.6. The van der Waals surface area contributed by atoms with Gasteiger partial charge in [-0.1, -0.05) is 0 Å². The Kier molecular flexibility index (Phi) is 7.94. The van der Waals surface area contributed by atoms with Crippen LogP contribution in [0, 0.1) is 0 Å². The van der Waals surface area contributed by atoms with E-state index in [1.165, 1.54) is 0 Å². The lowest BCUT2D eigenvalue weighted by Crippen LogP contribution is -2.45. The number of nitrogens with zero attached hydrogens (tertiary/aromatic N) is 5. The van der Waals surface area contributed by atoms with Crippen LogP contribution in [0.25, 0.3) is 22.2 Å². The number of aromatic nitrogens is 4. The van der Waals surface area contributed by atoms with Crippen molar-refractivity contribution in [1.82, 2.24) is 24.6 Å². The van der Waals surface area contributed by atoms with Crippen molar-refractivity contribution >= 4 is 16.9 Å². The van der Waals surface area contributed by atoms with E-state index in [-0.39, 0.29) is 12.3 Å². The molecule has 10 nitrogen and oxygen atoms in total. The molecule has 35 heavy (non-hydrogen) atoms. The summed E-state index contributed by atoms with van der Waals surface area (Å²) in [6.07, 6.45) is 6.70. The molecule has 1 saturated heterocycles. The lowest BCUT2D eigenvalue weighted by molar-refractivity contribution is -0.134. The highest BCUT2D eigenvalue weighted by molar-refractivity contribution is 5.95. The van der Waals surface area contributed by atoms with Crippen molar-refractivity contribution < 1.29 is 24.1 Å². The maximum Gasteiger partial charge on any atom is 0.228 e. The first-order valence-corrected chi connectivity index (χ1v) is 11.8. The van der Waals surface area contributed by atoms with Gasteiger partial charge in [-0.2, -0.15) is 5.10 Å². The number of piperidine rings is 1. The van der Waals surface area contributed by atoms with Gasteiger partial charge in [-0.05, 0) is 31.9 Å². The van der Waals surface area contributed by atoms with Gasteiger partial charge in [0.05, 0.1) is 57.4 Å². The van der Waals surface area contributed by atoms with E-state index in [0.717, 1.165) is 11.1 Å². The highest BCUT2D eigenvalue weighted by Crippen LogP contribution is 2.32. The molecular formula is C25H33N5O5. The second-order valence-corrected chi connectivity index (χ2v) is 9.03. The van der Waals surface area contributed by atoms with E-state index < -0.39 is 5.60 Å². The molecular weight excluding hydrogens is 450 g/mol. The van der Waals surface area contributed by atoms with Crippen molar-refractivity contribution in [2.24, 2.45) is 0 Å². The van der Waals surface area contributed by atoms with E-state index in [2.05, 4.69) is 10.1 Å². The van der Waals surface area contributed by atoms with Gasteiger partial charge in [0, 0.05) is 43.7 Å². The summed E-state index contributed by atoms with van der Waals surface area (Å²) >= 11 is 0. The van der Waals surface area contributed by atoms with Crippen LogP contribution in [0.15, 0.2) is 30.7 Å². The Hall–Kier alpha value is -3.08. The number of ether oxygens (including phenoxy) is 3. The van der Waals surface area contributed by atoms with Gasteiger partial charge in [-0.15, -0.1) is 0 Å². The van der Waals surface area contributed by atoms with Gasteiger partial charge in [0.2, 0.25) is 5.91 Å². The van der Waals surface area contributed by atoms with Crippen molar-refractivity contribution in [3.8, 4) is 16.9 Å². The number of likely N-dealkylation sites (tertiary alicyclic amines) is 1. The van der Waals surface area contributed by atoms with Crippen molar-refractivity contribution in [2.45, 2.75) is 38.3 Å². The third-order valence-electron chi connectivity index (χ3n) is 6.30. The van der Waals surface area contributed by atoms with Crippen LogP contribution in [0.2, 0.25) is 0 Å². The summed E-state index contributed by atoms with van der Waals surface area (Å²) in [6.45, 7) is 5.18. The molecule has 188 valence electrons. The van der Waals surface area contributed by atoms with E-state index in [0.29, 0.717) is 74.8 Å². The van der Waals surface area contributed by atoms with Crippen LogP contribution in [0.5, 0.6) is 5.75 Å². The Morgan fingerprint density at radius 3 is 2.66 bits per heavy atom. The highest BCUT2D eigenvalue weighted by atomic mass is 16.5. The summed E-state index contributed by atoms with van der Waals surface area (Å²) in [5.74, 6) is 0.580. The average Bonchev–Trinajstić information content (AvgIpc) is 3.31. The topological polar surface area (TPSA) is 112 Å². The summed E-state index contributed by atoms with van der Waals surface area (Å²) in [7, 11) is 3.24. The molecule has 0 atom stereocenters. The number of rotatable bonds is 10. The minimum absolute atomic E-state index is 0.0155. The molecule has 1 aromatic carbocycles. The first kappa shape index (κ1) is 25.0. The van der Waals surface area contributed by atoms with Gasteiger partial charge in [0.25, 0.3) is 0 Å². The van der Waals surface area contributed by atoms with Crippen molar-refractivity contribution in [3.05, 3.63) is 36.4 Å². The molecule has 0 unspecified atom stereocenters. The molecule has 1 aliphatic rings. The maximum absolute atomic E-state index is 12.8. The largest absolute Gasteiger partial charge is 0.494 e. The fraction of sp³-hybridized carbons (Fsp3) is 0.520. The lowest BCUT2D eigenvalue weighted by Gasteiger charge is -2.35. The van der Waals surface area contributed by atoms with Crippen LogP contribution in [-0.2, 0) is 27.2 Å². The van der Waals surface area contributed by atoms with Gasteiger partial charge in [-0.3, -0.25) is 14.5 Å². The summed E-state index contributed by atoms with van der Waals surface area (Å²) in [6, 6.07) is 3.80. The number of amides is 1. The average molecular weight is 484 g/mol. The number of fused-ring (bicyclic) bond motifs is 1. The number of hydrogen-bond donors (Lipinski definition) is 1. The number of carbonyl (C=O) groups is 1. The molecule has 4 rings (SSSR count). The summed E-state index contributed by atoms with van der Waals surface area (Å²) in [5, 5.41) is 14.6. The normalized spacial score (nSPS) is 15.5. The number of hydrogen-bond acceptors (Lipinski definition) is 8. The third-order valence-corrected chi connectivity index (χ3v) is 6.30. The molecule has 2 aromatic heterocycles. The first-order chi connectivity index (χ1) is 16.9. The van der Waals surface area contributed by atoms with Crippen LogP contribution in [0.4, 0.5) is 0 Å². The van der Waals surface area contributed by atoms with E-state index in [1.807, 2.05) is 29.9 Å². The molecule has 0 radical (unpaired) electrons. The second-order valence-electron chi connectivity index (χ2n) is 9.03. The molecule has 0 saturated carbocycles. The fourth-order valence-electron chi connectivity index (χ4n) is 4.13. The van der Waals surface area contributed by atoms with E-state index in [4.69, 9.17) is 19.2 Å². The smallest absolute Gasteiger partial charge is 0.228 e. The fourth-order valence-corrected chi connectivity index (χ4v) is 4.13. The molecule has 3 aromatic rings. The minimum Gasteiger partial charge on any atom is -0.494 e. The van der Waals surface area contributed by atoms with Crippen molar-refractivity contribution in [1.29, 1.82) is 0 Å². The summed E-state index contributed by atoms with van der Waals surface area (Å²) in [4.78, 5) is 24.0. The van der Waals surface area contributed by atoms with Crippen molar-refractivity contribution in [3.63, 3.8) is 0 Å². The monoisotopic (exact) mass is 483 g/mol. The van der Waals surface area contributed by atoms with Crippen LogP contribution >= 0.6 is 0 Å². The Balaban J connectivity index is 1.51. The van der Waals surface area contributed by atoms with Gasteiger partial charge in [-0.25, -0.2) is 4.98 Å². The van der Waals surface area contributed by atoms with E-state index in [1.54, 1.807) is 31.5 Å². The van der Waals surface area contributed by atoms with Gasteiger partial charge < -0.3 is 24.2 Å². The quantitative estimate of drug-likeness (QED) is 0.436. The van der Waals surface area contributed by atoms with Crippen LogP contribution < -0.4 is 4.74 Å². The number of methoxy groups -OCH3 is 2. The Morgan fingerprint density at radius 2 is 1.91 bits per heavy atom. The number of aliphatic hydroxyl groups is 1.